The van der Waals surface area contributed by atoms with Gasteiger partial charge in [-0.15, -0.1) is 0 Å². The largest absolute Gasteiger partial charge is 0.453 e. The first kappa shape index (κ1) is 32.1. The SMILES string of the molecule is CNCC(CC1CCCCC1)NC(=O)c1cc(C(OCCNC(=O)OC)c2cccc(Cl)c2)cc(N2CCOCC2)c1. The minimum absolute atomic E-state index is 0.0467. The highest BCUT2D eigenvalue weighted by atomic mass is 35.5. The van der Waals surface area contributed by atoms with Gasteiger partial charge in [0.2, 0.25) is 0 Å². The number of halogens is 1. The van der Waals surface area contributed by atoms with Crippen molar-refractivity contribution in [2.45, 2.75) is 50.7 Å². The van der Waals surface area contributed by atoms with E-state index in [1.54, 1.807) is 0 Å². The standard InChI is InChI=1S/C32H45ClN4O5/c1-34-22-28(17-23-7-4-3-5-8-23)36-31(38)26-18-25(20-29(21-26)37-12-15-41-16-13-37)30(24-9-6-10-27(33)19-24)42-14-11-35-32(39)40-2/h6,9-10,18-21,23,28,30,34H,3-5,7-8,11-17,22H2,1-2H3,(H,35,39)(H,36,38). The summed E-state index contributed by atoms with van der Waals surface area (Å²) >= 11 is 6.38. The number of hydrogen-bond acceptors (Lipinski definition) is 7. The summed E-state index contributed by atoms with van der Waals surface area (Å²) in [5.74, 6) is 0.548. The number of rotatable bonds is 13. The molecule has 0 bridgehead atoms. The third kappa shape index (κ3) is 9.59. The fraction of sp³-hybridized carbons (Fsp3) is 0.562. The third-order valence-corrected chi connectivity index (χ3v) is 8.24. The molecular weight excluding hydrogens is 556 g/mol. The van der Waals surface area contributed by atoms with Gasteiger partial charge in [0.15, 0.2) is 0 Å². The van der Waals surface area contributed by atoms with Crippen LogP contribution in [0.2, 0.25) is 5.02 Å². The second kappa shape index (κ2) is 16.7. The lowest BCUT2D eigenvalue weighted by atomic mass is 9.84. The highest BCUT2D eigenvalue weighted by Crippen LogP contribution is 2.32. The van der Waals surface area contributed by atoms with Crippen LogP contribution < -0.4 is 20.9 Å². The van der Waals surface area contributed by atoms with Crippen molar-refractivity contribution >= 4 is 29.3 Å². The molecule has 2 unspecified atom stereocenters. The van der Waals surface area contributed by atoms with Crippen molar-refractivity contribution in [2.24, 2.45) is 5.92 Å². The number of alkyl carbamates (subject to hydrolysis) is 1. The van der Waals surface area contributed by atoms with Crippen molar-refractivity contribution in [1.82, 2.24) is 16.0 Å². The van der Waals surface area contributed by atoms with Crippen LogP contribution in [0.5, 0.6) is 0 Å². The zero-order valence-electron chi connectivity index (χ0n) is 24.8. The molecule has 2 amide bonds. The molecule has 1 saturated carbocycles. The Kier molecular flexibility index (Phi) is 12.8. The van der Waals surface area contributed by atoms with Gasteiger partial charge in [0.1, 0.15) is 6.10 Å². The predicted octanol–water partition coefficient (Wildman–Crippen LogP) is 4.93. The van der Waals surface area contributed by atoms with Crippen molar-refractivity contribution in [3.05, 3.63) is 64.2 Å². The van der Waals surface area contributed by atoms with E-state index in [9.17, 15) is 9.59 Å². The second-order valence-corrected chi connectivity index (χ2v) is 11.5. The number of nitrogens with one attached hydrogen (secondary N) is 3. The molecule has 1 saturated heterocycles. The molecule has 42 heavy (non-hydrogen) atoms. The van der Waals surface area contributed by atoms with Gasteiger partial charge in [-0.2, -0.15) is 0 Å². The number of amides is 2. The molecule has 2 aliphatic rings. The summed E-state index contributed by atoms with van der Waals surface area (Å²) in [5, 5.41) is 9.84. The van der Waals surface area contributed by atoms with Gasteiger partial charge in [-0.25, -0.2) is 4.79 Å². The fourth-order valence-corrected chi connectivity index (χ4v) is 6.11. The van der Waals surface area contributed by atoms with E-state index >= 15 is 0 Å². The van der Waals surface area contributed by atoms with Crippen LogP contribution in [0.4, 0.5) is 10.5 Å². The van der Waals surface area contributed by atoms with E-state index in [1.165, 1.54) is 39.2 Å². The molecule has 2 aromatic carbocycles. The van der Waals surface area contributed by atoms with E-state index in [0.717, 1.165) is 42.9 Å². The maximum atomic E-state index is 13.8. The molecule has 2 atom stereocenters. The number of morpholine rings is 1. The smallest absolute Gasteiger partial charge is 0.406 e. The Bertz CT molecular complexity index is 1150. The lowest BCUT2D eigenvalue weighted by molar-refractivity contribution is 0.0803. The topological polar surface area (TPSA) is 101 Å². The molecular formula is C32H45ClN4O5. The summed E-state index contributed by atoms with van der Waals surface area (Å²) in [6, 6.07) is 13.5. The van der Waals surface area contributed by atoms with Gasteiger partial charge in [0.25, 0.3) is 5.91 Å². The van der Waals surface area contributed by atoms with E-state index in [1.807, 2.05) is 43.4 Å². The summed E-state index contributed by atoms with van der Waals surface area (Å²) in [6.45, 7) is 3.96. The zero-order valence-corrected chi connectivity index (χ0v) is 25.6. The molecule has 1 aliphatic carbocycles. The molecule has 4 rings (SSSR count). The van der Waals surface area contributed by atoms with Crippen molar-refractivity contribution in [2.75, 3.05) is 65.1 Å². The second-order valence-electron chi connectivity index (χ2n) is 11.1. The van der Waals surface area contributed by atoms with E-state index in [4.69, 9.17) is 21.1 Å². The molecule has 9 nitrogen and oxygen atoms in total. The van der Waals surface area contributed by atoms with Crippen LogP contribution in [-0.4, -0.2) is 78.2 Å². The number of ether oxygens (including phenoxy) is 3. The van der Waals surface area contributed by atoms with E-state index in [2.05, 4.69) is 31.7 Å². The van der Waals surface area contributed by atoms with Crippen LogP contribution in [0.15, 0.2) is 42.5 Å². The normalized spacial score (nSPS) is 17.4. The minimum atomic E-state index is -0.518. The Morgan fingerprint density at radius 1 is 1.07 bits per heavy atom. The summed E-state index contributed by atoms with van der Waals surface area (Å²) in [7, 11) is 3.25. The maximum absolute atomic E-state index is 13.8. The Morgan fingerprint density at radius 3 is 2.57 bits per heavy atom. The highest BCUT2D eigenvalue weighted by molar-refractivity contribution is 6.30. The van der Waals surface area contributed by atoms with E-state index in [0.29, 0.717) is 29.7 Å². The number of nitrogens with zero attached hydrogens (tertiary/aromatic N) is 1. The van der Waals surface area contributed by atoms with Crippen molar-refractivity contribution in [3.8, 4) is 0 Å². The third-order valence-electron chi connectivity index (χ3n) is 8.00. The molecule has 0 aromatic heterocycles. The number of carbonyl (C=O) groups is 2. The monoisotopic (exact) mass is 600 g/mol. The van der Waals surface area contributed by atoms with Crippen LogP contribution in [0.3, 0.4) is 0 Å². The van der Waals surface area contributed by atoms with Gasteiger partial charge >= 0.3 is 6.09 Å². The molecule has 3 N–H and O–H groups in total. The quantitative estimate of drug-likeness (QED) is 0.280. The highest BCUT2D eigenvalue weighted by Gasteiger charge is 2.24. The van der Waals surface area contributed by atoms with Gasteiger partial charge in [-0.1, -0.05) is 55.8 Å². The van der Waals surface area contributed by atoms with Crippen molar-refractivity contribution in [3.63, 3.8) is 0 Å². The summed E-state index contributed by atoms with van der Waals surface area (Å²) < 4.78 is 16.6. The van der Waals surface area contributed by atoms with Crippen LogP contribution in [0, 0.1) is 5.92 Å². The predicted molar refractivity (Wildman–Crippen MR) is 166 cm³/mol. The zero-order chi connectivity index (χ0) is 29.7. The Hall–Kier alpha value is -2.85. The first-order valence-electron chi connectivity index (χ1n) is 15.1. The van der Waals surface area contributed by atoms with Gasteiger partial charge in [0.05, 0.1) is 26.9 Å². The Morgan fingerprint density at radius 2 is 1.86 bits per heavy atom. The number of hydrogen-bond donors (Lipinski definition) is 3. The Labute approximate surface area is 254 Å². The molecule has 1 aliphatic heterocycles. The molecule has 0 radical (unpaired) electrons. The number of likely N-dealkylation sites (N-methyl/N-ethyl adjacent to an activating group) is 1. The van der Waals surface area contributed by atoms with E-state index in [-0.39, 0.29) is 25.1 Å². The first-order valence-corrected chi connectivity index (χ1v) is 15.5. The molecule has 230 valence electrons. The molecule has 0 spiro atoms. The minimum Gasteiger partial charge on any atom is -0.453 e. The average molecular weight is 601 g/mol. The summed E-state index contributed by atoms with van der Waals surface area (Å²) in [4.78, 5) is 27.6. The van der Waals surface area contributed by atoms with Gasteiger partial charge in [0, 0.05) is 48.5 Å². The average Bonchev–Trinajstić information content (AvgIpc) is 3.01. The van der Waals surface area contributed by atoms with Gasteiger partial charge in [-0.05, 0) is 60.8 Å². The van der Waals surface area contributed by atoms with Crippen LogP contribution in [0.1, 0.15) is 66.1 Å². The van der Waals surface area contributed by atoms with Crippen LogP contribution >= 0.6 is 11.6 Å². The molecule has 10 heteroatoms. The van der Waals surface area contributed by atoms with Crippen LogP contribution in [-0.2, 0) is 14.2 Å². The number of methoxy groups -OCH3 is 1. The molecule has 2 aromatic rings. The summed E-state index contributed by atoms with van der Waals surface area (Å²) in [6.07, 6.45) is 6.27. The fourth-order valence-electron chi connectivity index (χ4n) is 5.91. The van der Waals surface area contributed by atoms with Gasteiger partial charge < -0.3 is 35.1 Å². The van der Waals surface area contributed by atoms with Crippen molar-refractivity contribution < 1.29 is 23.8 Å². The maximum Gasteiger partial charge on any atom is 0.406 e. The van der Waals surface area contributed by atoms with Crippen LogP contribution in [0.25, 0.3) is 0 Å². The lowest BCUT2D eigenvalue weighted by Crippen LogP contribution is -2.42. The molecule has 1 heterocycles. The molecule has 2 fully saturated rings. The summed E-state index contributed by atoms with van der Waals surface area (Å²) in [5.41, 5.74) is 3.22. The van der Waals surface area contributed by atoms with E-state index < -0.39 is 12.2 Å². The number of benzene rings is 2. The number of anilines is 1. The first-order chi connectivity index (χ1) is 20.5. The van der Waals surface area contributed by atoms with Gasteiger partial charge in [-0.3, -0.25) is 4.79 Å². The van der Waals surface area contributed by atoms with Crippen molar-refractivity contribution in [1.29, 1.82) is 0 Å². The number of carbonyl (C=O) groups excluding carboxylic acids is 2. The lowest BCUT2D eigenvalue weighted by Gasteiger charge is -2.31. The Balaban J connectivity index is 1.63.